The highest BCUT2D eigenvalue weighted by molar-refractivity contribution is 7.89. The number of nitrogens with one attached hydrogen (secondary N) is 1. The van der Waals surface area contributed by atoms with Gasteiger partial charge in [0.05, 0.1) is 10.6 Å². The molecule has 2 aliphatic heterocycles. The van der Waals surface area contributed by atoms with Gasteiger partial charge in [-0.1, -0.05) is 6.92 Å². The SMILES string of the molecule is CC1CCN(S(=O)(=O)c2ccc3c(c2)N(CC(=O)N[C@@H](C)C24CC5CC(CC(C5)C2)C4)C(=O)CO3)CC1. The molecule has 1 atom stereocenters. The number of rotatable bonds is 6. The van der Waals surface area contributed by atoms with Crippen LogP contribution in [0.15, 0.2) is 23.1 Å². The van der Waals surface area contributed by atoms with E-state index in [4.69, 9.17) is 4.74 Å². The van der Waals surface area contributed by atoms with E-state index in [1.165, 1.54) is 59.9 Å². The van der Waals surface area contributed by atoms with Crippen molar-refractivity contribution in [2.24, 2.45) is 29.1 Å². The van der Waals surface area contributed by atoms with Crippen molar-refractivity contribution in [2.45, 2.75) is 76.2 Å². The fourth-order valence-electron chi connectivity index (χ4n) is 8.18. The molecular formula is C28H39N3O5S. The van der Waals surface area contributed by atoms with E-state index in [-0.39, 0.29) is 41.3 Å². The molecule has 8 nitrogen and oxygen atoms in total. The molecule has 1 aromatic carbocycles. The van der Waals surface area contributed by atoms with Crippen LogP contribution in [0.2, 0.25) is 0 Å². The Morgan fingerprint density at radius 2 is 1.73 bits per heavy atom. The summed E-state index contributed by atoms with van der Waals surface area (Å²) in [4.78, 5) is 27.6. The molecule has 1 aromatic rings. The molecule has 0 spiro atoms. The second-order valence-corrected chi connectivity index (χ2v) is 14.5. The van der Waals surface area contributed by atoms with Crippen LogP contribution in [-0.4, -0.2) is 56.8 Å². The quantitative estimate of drug-likeness (QED) is 0.608. The van der Waals surface area contributed by atoms with Gasteiger partial charge in [-0.15, -0.1) is 0 Å². The van der Waals surface area contributed by atoms with E-state index < -0.39 is 10.0 Å². The predicted molar refractivity (Wildman–Crippen MR) is 140 cm³/mol. The average Bonchev–Trinajstić information content (AvgIpc) is 2.85. The van der Waals surface area contributed by atoms with Crippen molar-refractivity contribution in [1.29, 1.82) is 0 Å². The second kappa shape index (κ2) is 9.26. The number of anilines is 1. The van der Waals surface area contributed by atoms with E-state index in [9.17, 15) is 18.0 Å². The maximum absolute atomic E-state index is 13.3. The van der Waals surface area contributed by atoms with Gasteiger partial charge in [0.2, 0.25) is 15.9 Å². The summed E-state index contributed by atoms with van der Waals surface area (Å²) in [5.41, 5.74) is 0.519. The number of sulfonamides is 1. The van der Waals surface area contributed by atoms with Crippen LogP contribution < -0.4 is 15.0 Å². The van der Waals surface area contributed by atoms with Gasteiger partial charge in [-0.2, -0.15) is 4.31 Å². The number of fused-ring (bicyclic) bond motifs is 1. The molecule has 9 heteroatoms. The highest BCUT2D eigenvalue weighted by Gasteiger charge is 2.53. The third kappa shape index (κ3) is 4.56. The van der Waals surface area contributed by atoms with Crippen molar-refractivity contribution in [2.75, 3.05) is 31.1 Å². The van der Waals surface area contributed by atoms with Crippen LogP contribution in [0, 0.1) is 29.1 Å². The van der Waals surface area contributed by atoms with Crippen molar-refractivity contribution in [1.82, 2.24) is 9.62 Å². The number of piperidine rings is 1. The van der Waals surface area contributed by atoms with Gasteiger partial charge in [0, 0.05) is 19.1 Å². The summed E-state index contributed by atoms with van der Waals surface area (Å²) in [6.07, 6.45) is 9.28. The topological polar surface area (TPSA) is 96.0 Å². The highest BCUT2D eigenvalue weighted by atomic mass is 32.2. The zero-order chi connectivity index (χ0) is 25.9. The molecule has 202 valence electrons. The number of benzene rings is 1. The van der Waals surface area contributed by atoms with Gasteiger partial charge in [0.25, 0.3) is 5.91 Å². The molecule has 7 rings (SSSR count). The first-order valence-electron chi connectivity index (χ1n) is 14.0. The van der Waals surface area contributed by atoms with E-state index in [2.05, 4.69) is 19.2 Å². The molecule has 4 saturated carbocycles. The lowest BCUT2D eigenvalue weighted by molar-refractivity contribution is -0.127. The Bertz CT molecular complexity index is 1150. The number of hydrogen-bond acceptors (Lipinski definition) is 5. The molecule has 0 radical (unpaired) electrons. The maximum atomic E-state index is 13.3. The summed E-state index contributed by atoms with van der Waals surface area (Å²) < 4.78 is 33.8. The Kier molecular flexibility index (Phi) is 6.30. The second-order valence-electron chi connectivity index (χ2n) is 12.6. The Morgan fingerprint density at radius 3 is 2.35 bits per heavy atom. The van der Waals surface area contributed by atoms with Crippen LogP contribution in [0.1, 0.15) is 65.2 Å². The van der Waals surface area contributed by atoms with E-state index in [1.54, 1.807) is 6.07 Å². The summed E-state index contributed by atoms with van der Waals surface area (Å²) in [7, 11) is -3.69. The average molecular weight is 530 g/mol. The molecule has 1 N–H and O–H groups in total. The van der Waals surface area contributed by atoms with Crippen LogP contribution in [-0.2, 0) is 19.6 Å². The van der Waals surface area contributed by atoms with Crippen molar-refractivity contribution in [3.8, 4) is 5.75 Å². The van der Waals surface area contributed by atoms with Crippen LogP contribution >= 0.6 is 0 Å². The van der Waals surface area contributed by atoms with E-state index in [0.29, 0.717) is 30.4 Å². The predicted octanol–water partition coefficient (Wildman–Crippen LogP) is 3.55. The molecule has 4 aliphatic carbocycles. The molecule has 5 fully saturated rings. The monoisotopic (exact) mass is 529 g/mol. The Labute approximate surface area is 220 Å². The molecule has 1 saturated heterocycles. The van der Waals surface area contributed by atoms with E-state index in [1.807, 2.05) is 0 Å². The summed E-state index contributed by atoms with van der Waals surface area (Å²) in [6, 6.07) is 4.69. The summed E-state index contributed by atoms with van der Waals surface area (Å²) >= 11 is 0. The fraction of sp³-hybridized carbons (Fsp3) is 0.714. The number of carbonyl (C=O) groups is 2. The Morgan fingerprint density at radius 1 is 1.11 bits per heavy atom. The van der Waals surface area contributed by atoms with Crippen molar-refractivity contribution >= 4 is 27.5 Å². The van der Waals surface area contributed by atoms with Crippen molar-refractivity contribution in [3.63, 3.8) is 0 Å². The minimum atomic E-state index is -3.69. The van der Waals surface area contributed by atoms with Gasteiger partial charge in [-0.05, 0) is 106 Å². The molecule has 0 unspecified atom stereocenters. The molecule has 2 amide bonds. The van der Waals surface area contributed by atoms with Gasteiger partial charge in [0.1, 0.15) is 12.3 Å². The zero-order valence-electron chi connectivity index (χ0n) is 21.9. The molecule has 0 aromatic heterocycles. The molecule has 37 heavy (non-hydrogen) atoms. The standard InChI is InChI=1S/C28H39N3O5S/c1-18-5-7-30(8-6-18)37(34,35)23-3-4-25-24(12-23)31(27(33)17-36-25)16-26(32)29-19(2)28-13-20-9-21(14-28)11-22(10-20)15-28/h3-4,12,18-22H,5-11,13-17H2,1-2H3,(H,29,32)/t19-,20?,21?,22?,28?/m0/s1. The van der Waals surface area contributed by atoms with Crippen LogP contribution in [0.4, 0.5) is 5.69 Å². The summed E-state index contributed by atoms with van der Waals surface area (Å²) in [6.45, 7) is 4.94. The minimum absolute atomic E-state index is 0.0530. The normalized spacial score (nSPS) is 32.6. The highest BCUT2D eigenvalue weighted by Crippen LogP contribution is 2.61. The van der Waals surface area contributed by atoms with E-state index in [0.717, 1.165) is 30.6 Å². The smallest absolute Gasteiger partial charge is 0.265 e. The number of ether oxygens (including phenoxy) is 1. The Hall–Kier alpha value is -2.13. The van der Waals surface area contributed by atoms with E-state index >= 15 is 0 Å². The lowest BCUT2D eigenvalue weighted by Crippen LogP contribution is -2.57. The van der Waals surface area contributed by atoms with Gasteiger partial charge >= 0.3 is 0 Å². The first-order chi connectivity index (χ1) is 17.6. The third-order valence-electron chi connectivity index (χ3n) is 9.94. The van der Waals surface area contributed by atoms with Crippen LogP contribution in [0.5, 0.6) is 5.75 Å². The molecular weight excluding hydrogens is 490 g/mol. The maximum Gasteiger partial charge on any atom is 0.265 e. The lowest BCUT2D eigenvalue weighted by atomic mass is 9.48. The first kappa shape index (κ1) is 25.2. The third-order valence-corrected chi connectivity index (χ3v) is 11.8. The number of nitrogens with zero attached hydrogens (tertiary/aromatic N) is 2. The molecule has 2 heterocycles. The Balaban J connectivity index is 1.18. The zero-order valence-corrected chi connectivity index (χ0v) is 22.8. The molecule has 6 aliphatic rings. The van der Waals surface area contributed by atoms with Gasteiger partial charge in [0.15, 0.2) is 6.61 Å². The largest absolute Gasteiger partial charge is 0.482 e. The van der Waals surface area contributed by atoms with Gasteiger partial charge in [-0.3, -0.25) is 14.5 Å². The summed E-state index contributed by atoms with van der Waals surface area (Å²) in [5, 5.41) is 3.24. The van der Waals surface area contributed by atoms with Gasteiger partial charge in [-0.25, -0.2) is 8.42 Å². The minimum Gasteiger partial charge on any atom is -0.482 e. The number of amides is 2. The summed E-state index contributed by atoms with van der Waals surface area (Å²) in [5.74, 6) is 2.77. The van der Waals surface area contributed by atoms with Crippen molar-refractivity contribution < 1.29 is 22.7 Å². The lowest BCUT2D eigenvalue weighted by Gasteiger charge is -2.59. The molecule has 4 bridgehead atoms. The fourth-order valence-corrected chi connectivity index (χ4v) is 9.67. The first-order valence-corrected chi connectivity index (χ1v) is 15.4. The van der Waals surface area contributed by atoms with Gasteiger partial charge < -0.3 is 10.1 Å². The van der Waals surface area contributed by atoms with Crippen LogP contribution in [0.25, 0.3) is 0 Å². The number of carbonyl (C=O) groups excluding carboxylic acids is 2. The number of hydrogen-bond donors (Lipinski definition) is 1. The van der Waals surface area contributed by atoms with Crippen molar-refractivity contribution in [3.05, 3.63) is 18.2 Å². The van der Waals surface area contributed by atoms with Crippen LogP contribution in [0.3, 0.4) is 0 Å².